The molecule has 0 aromatic heterocycles. The maximum Gasteiger partial charge on any atom is 0.231 e. The van der Waals surface area contributed by atoms with Crippen LogP contribution in [0.25, 0.3) is 0 Å². The van der Waals surface area contributed by atoms with Gasteiger partial charge in [-0.15, -0.1) is 0 Å². The van der Waals surface area contributed by atoms with Crippen LogP contribution in [0, 0.1) is 0 Å². The molecule has 2 N–H and O–H groups in total. The van der Waals surface area contributed by atoms with Crippen molar-refractivity contribution in [3.8, 4) is 0 Å². The second-order valence-electron chi connectivity index (χ2n) is 5.33. The number of nitrogens with one attached hydrogen (secondary N) is 2. The minimum atomic E-state index is -0.271. The number of anilines is 1. The SMILES string of the molecule is CCN(CC)CCCNSc1ccc(NC(=O)CC(C)=O)cc1. The number of Topliss-reactive ketones (excluding diaryl/α,β-unsaturated/α-hetero) is 1. The summed E-state index contributed by atoms with van der Waals surface area (Å²) in [5.74, 6) is -0.406. The average molecular weight is 337 g/mol. The fourth-order valence-electron chi connectivity index (χ4n) is 2.09. The lowest BCUT2D eigenvalue weighted by molar-refractivity contribution is -0.124. The van der Waals surface area contributed by atoms with Gasteiger partial charge in [0.15, 0.2) is 0 Å². The van der Waals surface area contributed by atoms with Crippen LogP contribution < -0.4 is 10.0 Å². The van der Waals surface area contributed by atoms with Crippen molar-refractivity contribution >= 4 is 29.3 Å². The molecule has 0 unspecified atom stereocenters. The number of carbonyl (C=O) groups excluding carboxylic acids is 2. The standard InChI is InChI=1S/C17H27N3O2S/c1-4-20(5-2)12-6-11-18-23-16-9-7-15(8-10-16)19-17(22)13-14(3)21/h7-10,18H,4-6,11-13H2,1-3H3,(H,19,22). The maximum atomic E-state index is 11.5. The Labute approximate surface area is 143 Å². The fourth-order valence-corrected chi connectivity index (χ4v) is 2.77. The highest BCUT2D eigenvalue weighted by molar-refractivity contribution is 7.97. The number of nitrogens with zero attached hydrogens (tertiary/aromatic N) is 1. The summed E-state index contributed by atoms with van der Waals surface area (Å²) in [5, 5.41) is 2.71. The molecule has 0 saturated carbocycles. The highest BCUT2D eigenvalue weighted by Gasteiger charge is 2.05. The summed E-state index contributed by atoms with van der Waals surface area (Å²) in [7, 11) is 0. The number of ketones is 1. The van der Waals surface area contributed by atoms with Crippen molar-refractivity contribution in [1.82, 2.24) is 9.62 Å². The van der Waals surface area contributed by atoms with E-state index in [1.54, 1.807) is 11.9 Å². The van der Waals surface area contributed by atoms with E-state index in [0.717, 1.165) is 37.5 Å². The van der Waals surface area contributed by atoms with Crippen LogP contribution in [0.5, 0.6) is 0 Å². The second kappa shape index (κ2) is 11.2. The molecule has 0 aliphatic heterocycles. The molecule has 1 aromatic carbocycles. The molecule has 0 spiro atoms. The Balaban J connectivity index is 2.26. The maximum absolute atomic E-state index is 11.5. The molecule has 6 heteroatoms. The van der Waals surface area contributed by atoms with Crippen molar-refractivity contribution in [2.45, 2.75) is 38.5 Å². The molecule has 0 fully saturated rings. The quantitative estimate of drug-likeness (QED) is 0.369. The van der Waals surface area contributed by atoms with Crippen LogP contribution in [0.4, 0.5) is 5.69 Å². The Hall–Kier alpha value is -1.37. The highest BCUT2D eigenvalue weighted by atomic mass is 32.2. The zero-order chi connectivity index (χ0) is 17.1. The first-order valence-electron chi connectivity index (χ1n) is 8.06. The van der Waals surface area contributed by atoms with Gasteiger partial charge in [0.05, 0.1) is 6.42 Å². The Morgan fingerprint density at radius 2 is 1.78 bits per heavy atom. The Morgan fingerprint density at radius 3 is 2.35 bits per heavy atom. The first kappa shape index (κ1) is 19.7. The molecule has 5 nitrogen and oxygen atoms in total. The van der Waals surface area contributed by atoms with Crippen molar-refractivity contribution in [3.63, 3.8) is 0 Å². The van der Waals surface area contributed by atoms with E-state index in [0.29, 0.717) is 5.69 Å². The molecule has 0 saturated heterocycles. The minimum Gasteiger partial charge on any atom is -0.326 e. The first-order valence-corrected chi connectivity index (χ1v) is 8.88. The summed E-state index contributed by atoms with van der Waals surface area (Å²) in [6.07, 6.45) is 1.04. The van der Waals surface area contributed by atoms with E-state index in [1.807, 2.05) is 24.3 Å². The van der Waals surface area contributed by atoms with Gasteiger partial charge in [-0.25, -0.2) is 0 Å². The molecule has 0 atom stereocenters. The van der Waals surface area contributed by atoms with E-state index in [1.165, 1.54) is 6.92 Å². The van der Waals surface area contributed by atoms with Crippen LogP contribution in [-0.2, 0) is 9.59 Å². The third-order valence-electron chi connectivity index (χ3n) is 3.39. The molecule has 1 rings (SSSR count). The van der Waals surface area contributed by atoms with Crippen LogP contribution in [-0.4, -0.2) is 42.8 Å². The average Bonchev–Trinajstić information content (AvgIpc) is 2.51. The molecule has 0 bridgehead atoms. The summed E-state index contributed by atoms with van der Waals surface area (Å²) < 4.78 is 3.35. The minimum absolute atomic E-state index is 0.0788. The van der Waals surface area contributed by atoms with Crippen molar-refractivity contribution in [2.24, 2.45) is 0 Å². The summed E-state index contributed by atoms with van der Waals surface area (Å²) >= 11 is 1.59. The lowest BCUT2D eigenvalue weighted by Crippen LogP contribution is -2.25. The van der Waals surface area contributed by atoms with Crippen molar-refractivity contribution in [3.05, 3.63) is 24.3 Å². The van der Waals surface area contributed by atoms with Crippen LogP contribution in [0.3, 0.4) is 0 Å². The van der Waals surface area contributed by atoms with Gasteiger partial charge in [0.25, 0.3) is 0 Å². The largest absolute Gasteiger partial charge is 0.326 e. The summed E-state index contributed by atoms with van der Waals surface area (Å²) in [5.41, 5.74) is 0.710. The van der Waals surface area contributed by atoms with E-state index in [2.05, 4.69) is 28.8 Å². The molecule has 0 aliphatic carbocycles. The first-order chi connectivity index (χ1) is 11.0. The van der Waals surface area contributed by atoms with Crippen molar-refractivity contribution in [2.75, 3.05) is 31.5 Å². The van der Waals surface area contributed by atoms with Gasteiger partial charge in [0.2, 0.25) is 5.91 Å². The van der Waals surface area contributed by atoms with Gasteiger partial charge in [0.1, 0.15) is 5.78 Å². The zero-order valence-corrected chi connectivity index (χ0v) is 15.0. The Kier molecular flexibility index (Phi) is 9.59. The molecule has 128 valence electrons. The van der Waals surface area contributed by atoms with Gasteiger partial charge in [-0.2, -0.15) is 0 Å². The van der Waals surface area contributed by atoms with Gasteiger partial charge < -0.3 is 10.2 Å². The lowest BCUT2D eigenvalue weighted by Gasteiger charge is -2.17. The molecular formula is C17H27N3O2S. The Morgan fingerprint density at radius 1 is 1.13 bits per heavy atom. The number of benzene rings is 1. The molecule has 23 heavy (non-hydrogen) atoms. The van der Waals surface area contributed by atoms with E-state index >= 15 is 0 Å². The summed E-state index contributed by atoms with van der Waals surface area (Å²) in [6.45, 7) is 10.0. The number of carbonyl (C=O) groups is 2. The van der Waals surface area contributed by atoms with E-state index < -0.39 is 0 Å². The second-order valence-corrected chi connectivity index (χ2v) is 6.29. The number of amides is 1. The highest BCUT2D eigenvalue weighted by Crippen LogP contribution is 2.17. The molecule has 1 aromatic rings. The lowest BCUT2D eigenvalue weighted by atomic mass is 10.2. The zero-order valence-electron chi connectivity index (χ0n) is 14.2. The monoisotopic (exact) mass is 337 g/mol. The predicted molar refractivity (Wildman–Crippen MR) is 96.6 cm³/mol. The van der Waals surface area contributed by atoms with E-state index in [4.69, 9.17) is 0 Å². The summed E-state index contributed by atoms with van der Waals surface area (Å²) in [4.78, 5) is 25.9. The van der Waals surface area contributed by atoms with Crippen molar-refractivity contribution in [1.29, 1.82) is 0 Å². The van der Waals surface area contributed by atoms with Crippen LogP contribution in [0.2, 0.25) is 0 Å². The van der Waals surface area contributed by atoms with Gasteiger partial charge in [0, 0.05) is 17.1 Å². The van der Waals surface area contributed by atoms with Gasteiger partial charge in [-0.3, -0.25) is 14.3 Å². The third-order valence-corrected chi connectivity index (χ3v) is 4.24. The van der Waals surface area contributed by atoms with E-state index in [9.17, 15) is 9.59 Å². The third kappa shape index (κ3) is 8.74. The number of hydrogen-bond donors (Lipinski definition) is 2. The van der Waals surface area contributed by atoms with E-state index in [-0.39, 0.29) is 18.1 Å². The molecule has 0 radical (unpaired) electrons. The van der Waals surface area contributed by atoms with Gasteiger partial charge in [-0.05, 0) is 69.2 Å². The van der Waals surface area contributed by atoms with Crippen LogP contribution in [0.1, 0.15) is 33.6 Å². The number of rotatable bonds is 11. The van der Waals surface area contributed by atoms with Crippen LogP contribution >= 0.6 is 11.9 Å². The van der Waals surface area contributed by atoms with Gasteiger partial charge >= 0.3 is 0 Å². The predicted octanol–water partition coefficient (Wildman–Crippen LogP) is 2.93. The normalized spacial score (nSPS) is 10.8. The number of hydrogen-bond acceptors (Lipinski definition) is 5. The van der Waals surface area contributed by atoms with Gasteiger partial charge in [-0.1, -0.05) is 13.8 Å². The van der Waals surface area contributed by atoms with Crippen molar-refractivity contribution < 1.29 is 9.59 Å². The fraction of sp³-hybridized carbons (Fsp3) is 0.529. The topological polar surface area (TPSA) is 61.4 Å². The molecular weight excluding hydrogens is 310 g/mol. The smallest absolute Gasteiger partial charge is 0.231 e. The molecule has 1 amide bonds. The summed E-state index contributed by atoms with van der Waals surface area (Å²) in [6, 6.07) is 7.59. The molecule has 0 aliphatic rings. The van der Waals surface area contributed by atoms with Crippen LogP contribution in [0.15, 0.2) is 29.2 Å². The Bertz CT molecular complexity index is 487. The molecule has 0 heterocycles.